The zero-order valence-corrected chi connectivity index (χ0v) is 15.4. The molecule has 0 saturated carbocycles. The van der Waals surface area contributed by atoms with Gasteiger partial charge in [-0.3, -0.25) is 9.78 Å². The first-order valence-corrected chi connectivity index (χ1v) is 8.49. The summed E-state index contributed by atoms with van der Waals surface area (Å²) < 4.78 is 11.3. The number of pyridine rings is 1. The number of ether oxygens (including phenoxy) is 2. The molecule has 1 aromatic heterocycles. The Morgan fingerprint density at radius 1 is 1.08 bits per heavy atom. The molecule has 0 fully saturated rings. The highest BCUT2D eigenvalue weighted by atomic mass is 16.5. The highest BCUT2D eigenvalue weighted by Gasteiger charge is 2.12. The van der Waals surface area contributed by atoms with Crippen molar-refractivity contribution < 1.29 is 14.3 Å². The van der Waals surface area contributed by atoms with Crippen LogP contribution in [0.5, 0.6) is 11.5 Å². The Labute approximate surface area is 153 Å². The molecule has 26 heavy (non-hydrogen) atoms. The number of nitrogens with one attached hydrogen (secondary N) is 1. The van der Waals surface area contributed by atoms with Gasteiger partial charge in [0.1, 0.15) is 0 Å². The molecule has 3 rings (SSSR count). The Hall–Kier alpha value is -3.08. The molecular weight excluding hydrogens is 328 g/mol. The molecule has 2 aromatic carbocycles. The third kappa shape index (κ3) is 3.77. The average molecular weight is 350 g/mol. The maximum atomic E-state index is 11.4. The summed E-state index contributed by atoms with van der Waals surface area (Å²) in [4.78, 5) is 15.9. The lowest BCUT2D eigenvalue weighted by atomic mass is 10.1. The Kier molecular flexibility index (Phi) is 5.07. The van der Waals surface area contributed by atoms with E-state index in [1.165, 1.54) is 0 Å². The van der Waals surface area contributed by atoms with Crippen LogP contribution >= 0.6 is 0 Å². The summed E-state index contributed by atoms with van der Waals surface area (Å²) in [5.41, 5.74) is 3.29. The summed E-state index contributed by atoms with van der Waals surface area (Å²) in [5.74, 6) is 1.38. The number of carbonyl (C=O) groups excluding carboxylic acids is 1. The van der Waals surface area contributed by atoms with Gasteiger partial charge >= 0.3 is 0 Å². The summed E-state index contributed by atoms with van der Waals surface area (Å²) in [5, 5.41) is 4.30. The van der Waals surface area contributed by atoms with E-state index in [1.54, 1.807) is 20.2 Å². The maximum Gasteiger partial charge on any atom is 0.163 e. The molecule has 1 N–H and O–H groups in total. The van der Waals surface area contributed by atoms with Crippen LogP contribution in [0.3, 0.4) is 0 Å². The topological polar surface area (TPSA) is 60.5 Å². The van der Waals surface area contributed by atoms with Crippen LogP contribution in [-0.2, 0) is 0 Å². The maximum absolute atomic E-state index is 11.4. The minimum Gasteiger partial charge on any atom is -0.493 e. The molecule has 1 heterocycles. The molecule has 0 radical (unpaired) electrons. The third-order valence-corrected chi connectivity index (χ3v) is 3.96. The van der Waals surface area contributed by atoms with Crippen molar-refractivity contribution in [3.8, 4) is 11.5 Å². The lowest BCUT2D eigenvalue weighted by molar-refractivity contribution is 0.101. The van der Waals surface area contributed by atoms with Crippen LogP contribution in [0.2, 0.25) is 0 Å². The number of rotatable bonds is 6. The highest BCUT2D eigenvalue weighted by Crippen LogP contribution is 2.36. The van der Waals surface area contributed by atoms with Crippen LogP contribution in [0.15, 0.2) is 48.7 Å². The number of fused-ring (bicyclic) bond motifs is 1. The first kappa shape index (κ1) is 17.7. The Balaban J connectivity index is 1.99. The standard InChI is InChI=1S/C21H22N2O3/c1-13(2)26-21-12-19-17(11-20(21)25-4)18(9-10-22-19)23-16-7-5-15(6-8-16)14(3)24/h5-13H,1-4H3,(H,22,23). The third-order valence-electron chi connectivity index (χ3n) is 3.96. The number of carbonyl (C=O) groups is 1. The lowest BCUT2D eigenvalue weighted by Gasteiger charge is -2.16. The number of aromatic nitrogens is 1. The van der Waals surface area contributed by atoms with Crippen molar-refractivity contribution in [2.75, 3.05) is 12.4 Å². The van der Waals surface area contributed by atoms with E-state index in [2.05, 4.69) is 10.3 Å². The van der Waals surface area contributed by atoms with Crippen LogP contribution in [-0.4, -0.2) is 24.0 Å². The molecule has 0 spiro atoms. The van der Waals surface area contributed by atoms with E-state index in [0.29, 0.717) is 17.1 Å². The zero-order valence-electron chi connectivity index (χ0n) is 15.4. The van der Waals surface area contributed by atoms with Gasteiger partial charge in [0.25, 0.3) is 0 Å². The highest BCUT2D eigenvalue weighted by molar-refractivity contribution is 5.96. The fourth-order valence-electron chi connectivity index (χ4n) is 2.71. The predicted molar refractivity (Wildman–Crippen MR) is 104 cm³/mol. The summed E-state index contributed by atoms with van der Waals surface area (Å²) in [6, 6.07) is 13.1. The molecule has 3 aromatic rings. The smallest absolute Gasteiger partial charge is 0.163 e. The van der Waals surface area contributed by atoms with Crippen LogP contribution in [0.25, 0.3) is 10.9 Å². The number of anilines is 2. The van der Waals surface area contributed by atoms with E-state index in [1.807, 2.05) is 56.3 Å². The van der Waals surface area contributed by atoms with Crippen LogP contribution in [0.4, 0.5) is 11.4 Å². The lowest BCUT2D eigenvalue weighted by Crippen LogP contribution is -2.07. The monoisotopic (exact) mass is 350 g/mol. The van der Waals surface area contributed by atoms with Crippen molar-refractivity contribution >= 4 is 28.1 Å². The normalized spacial score (nSPS) is 10.8. The fraction of sp³-hybridized carbons (Fsp3) is 0.238. The van der Waals surface area contributed by atoms with Gasteiger partial charge in [0.15, 0.2) is 17.3 Å². The Morgan fingerprint density at radius 2 is 1.81 bits per heavy atom. The van der Waals surface area contributed by atoms with Gasteiger partial charge in [0.05, 0.1) is 18.7 Å². The van der Waals surface area contributed by atoms with Gasteiger partial charge in [-0.2, -0.15) is 0 Å². The van der Waals surface area contributed by atoms with Gasteiger partial charge in [-0.1, -0.05) is 0 Å². The number of Topliss-reactive ketones (excluding diaryl/α,β-unsaturated/α-hetero) is 1. The van der Waals surface area contributed by atoms with E-state index >= 15 is 0 Å². The molecule has 0 bridgehead atoms. The second kappa shape index (κ2) is 7.44. The number of benzene rings is 2. The summed E-state index contributed by atoms with van der Waals surface area (Å²) in [6.07, 6.45) is 1.79. The van der Waals surface area contributed by atoms with Crippen LogP contribution < -0.4 is 14.8 Å². The average Bonchev–Trinajstić information content (AvgIpc) is 2.61. The first-order valence-electron chi connectivity index (χ1n) is 8.49. The van der Waals surface area contributed by atoms with Crippen molar-refractivity contribution in [1.29, 1.82) is 0 Å². The molecule has 0 aliphatic rings. The van der Waals surface area contributed by atoms with Crippen molar-refractivity contribution in [3.63, 3.8) is 0 Å². The van der Waals surface area contributed by atoms with E-state index in [0.717, 1.165) is 22.3 Å². The summed E-state index contributed by atoms with van der Waals surface area (Å²) in [6.45, 7) is 5.50. The molecule has 0 aliphatic heterocycles. The van der Waals surface area contributed by atoms with Gasteiger partial charge in [0.2, 0.25) is 0 Å². The number of nitrogens with zero attached hydrogens (tertiary/aromatic N) is 1. The Morgan fingerprint density at radius 3 is 2.42 bits per heavy atom. The van der Waals surface area contributed by atoms with Crippen molar-refractivity contribution in [1.82, 2.24) is 4.98 Å². The van der Waals surface area contributed by atoms with Crippen molar-refractivity contribution in [2.45, 2.75) is 26.9 Å². The van der Waals surface area contributed by atoms with E-state index in [4.69, 9.17) is 9.47 Å². The number of methoxy groups -OCH3 is 1. The zero-order chi connectivity index (χ0) is 18.7. The number of ketones is 1. The predicted octanol–water partition coefficient (Wildman–Crippen LogP) is 4.98. The first-order chi connectivity index (χ1) is 12.5. The Bertz CT molecular complexity index is 934. The number of hydrogen-bond donors (Lipinski definition) is 1. The second-order valence-corrected chi connectivity index (χ2v) is 6.30. The quantitative estimate of drug-likeness (QED) is 0.636. The van der Waals surface area contributed by atoms with Crippen LogP contribution in [0.1, 0.15) is 31.1 Å². The summed E-state index contributed by atoms with van der Waals surface area (Å²) >= 11 is 0. The summed E-state index contributed by atoms with van der Waals surface area (Å²) in [7, 11) is 1.62. The second-order valence-electron chi connectivity index (χ2n) is 6.30. The van der Waals surface area contributed by atoms with Crippen LogP contribution in [0, 0.1) is 0 Å². The minimum absolute atomic E-state index is 0.0439. The van der Waals surface area contributed by atoms with Gasteiger partial charge in [-0.15, -0.1) is 0 Å². The molecule has 5 nitrogen and oxygen atoms in total. The molecule has 0 aliphatic carbocycles. The van der Waals surface area contributed by atoms with Gasteiger partial charge in [-0.05, 0) is 57.2 Å². The van der Waals surface area contributed by atoms with E-state index in [-0.39, 0.29) is 11.9 Å². The molecule has 134 valence electrons. The molecule has 0 atom stereocenters. The van der Waals surface area contributed by atoms with Gasteiger partial charge < -0.3 is 14.8 Å². The molecule has 0 amide bonds. The molecule has 0 unspecified atom stereocenters. The van der Waals surface area contributed by atoms with E-state index < -0.39 is 0 Å². The largest absolute Gasteiger partial charge is 0.493 e. The van der Waals surface area contributed by atoms with Crippen molar-refractivity contribution in [3.05, 3.63) is 54.2 Å². The molecule has 0 saturated heterocycles. The SMILES string of the molecule is COc1cc2c(Nc3ccc(C(C)=O)cc3)ccnc2cc1OC(C)C. The molecule has 5 heteroatoms. The van der Waals surface area contributed by atoms with Gasteiger partial charge in [-0.25, -0.2) is 0 Å². The van der Waals surface area contributed by atoms with E-state index in [9.17, 15) is 4.79 Å². The number of hydrogen-bond acceptors (Lipinski definition) is 5. The fourth-order valence-corrected chi connectivity index (χ4v) is 2.71. The van der Waals surface area contributed by atoms with Gasteiger partial charge in [0, 0.05) is 34.6 Å². The minimum atomic E-state index is 0.0439. The van der Waals surface area contributed by atoms with Crippen molar-refractivity contribution in [2.24, 2.45) is 0 Å². The molecular formula is C21H22N2O3.